The molecule has 110 valence electrons. The van der Waals surface area contributed by atoms with E-state index in [0.29, 0.717) is 11.6 Å². The summed E-state index contributed by atoms with van der Waals surface area (Å²) in [6.07, 6.45) is 5.50. The van der Waals surface area contributed by atoms with Crippen molar-refractivity contribution in [2.24, 2.45) is 5.92 Å². The smallest absolute Gasteiger partial charge is 0.0278 e. The molecular formula is C18H28N2. The van der Waals surface area contributed by atoms with E-state index in [0.717, 1.165) is 18.9 Å². The van der Waals surface area contributed by atoms with Crippen LogP contribution >= 0.6 is 0 Å². The Morgan fingerprint density at radius 1 is 1.20 bits per heavy atom. The summed E-state index contributed by atoms with van der Waals surface area (Å²) in [6.45, 7) is 8.34. The third kappa shape index (κ3) is 3.62. The van der Waals surface area contributed by atoms with Gasteiger partial charge in [-0.2, -0.15) is 0 Å². The van der Waals surface area contributed by atoms with Gasteiger partial charge in [0.2, 0.25) is 0 Å². The first-order chi connectivity index (χ1) is 9.63. The van der Waals surface area contributed by atoms with Crippen molar-refractivity contribution in [1.82, 2.24) is 10.2 Å². The van der Waals surface area contributed by atoms with Crippen LogP contribution in [0.1, 0.15) is 38.7 Å². The van der Waals surface area contributed by atoms with Crippen LogP contribution in [0.4, 0.5) is 0 Å². The first kappa shape index (κ1) is 14.1. The molecule has 2 fully saturated rings. The second kappa shape index (κ2) is 5.87. The highest BCUT2D eigenvalue weighted by molar-refractivity contribution is 5.16. The molecule has 2 nitrogen and oxygen atoms in total. The number of piperazine rings is 1. The maximum absolute atomic E-state index is 3.75. The zero-order valence-electron chi connectivity index (χ0n) is 12.9. The Morgan fingerprint density at radius 2 is 1.95 bits per heavy atom. The predicted molar refractivity (Wildman–Crippen MR) is 84.9 cm³/mol. The highest BCUT2D eigenvalue weighted by Crippen LogP contribution is 2.33. The quantitative estimate of drug-likeness (QED) is 0.886. The zero-order valence-corrected chi connectivity index (χ0v) is 12.9. The van der Waals surface area contributed by atoms with Gasteiger partial charge in [-0.15, -0.1) is 0 Å². The monoisotopic (exact) mass is 272 g/mol. The Balaban J connectivity index is 1.57. The second-order valence-corrected chi connectivity index (χ2v) is 7.26. The Labute approximate surface area is 123 Å². The van der Waals surface area contributed by atoms with Crippen LogP contribution in [0.5, 0.6) is 0 Å². The largest absolute Gasteiger partial charge is 0.311 e. The molecular weight excluding hydrogens is 244 g/mol. The zero-order chi connectivity index (χ0) is 14.0. The molecule has 1 saturated carbocycles. The van der Waals surface area contributed by atoms with Gasteiger partial charge in [-0.3, -0.25) is 4.90 Å². The molecule has 1 aliphatic heterocycles. The van der Waals surface area contributed by atoms with E-state index >= 15 is 0 Å². The molecule has 1 saturated heterocycles. The van der Waals surface area contributed by atoms with Crippen molar-refractivity contribution in [3.63, 3.8) is 0 Å². The molecule has 20 heavy (non-hydrogen) atoms. The average molecular weight is 272 g/mol. The van der Waals surface area contributed by atoms with Crippen LogP contribution in [0.15, 0.2) is 30.3 Å². The van der Waals surface area contributed by atoms with Crippen molar-refractivity contribution in [2.45, 2.75) is 51.1 Å². The van der Waals surface area contributed by atoms with Crippen LogP contribution in [0, 0.1) is 5.92 Å². The van der Waals surface area contributed by atoms with Gasteiger partial charge < -0.3 is 5.32 Å². The normalized spacial score (nSPS) is 26.6. The Hall–Kier alpha value is -0.860. The van der Waals surface area contributed by atoms with Gasteiger partial charge in [0.1, 0.15) is 0 Å². The minimum atomic E-state index is 0.308. The minimum absolute atomic E-state index is 0.308. The molecule has 0 radical (unpaired) electrons. The minimum Gasteiger partial charge on any atom is -0.311 e. The standard InChI is InChI=1S/C18H28N2/c1-18(2)14-19-17(12-16-6-4-3-5-7-16)13-20(18)11-10-15-8-9-15/h3-7,15,17,19H,8-14H2,1-2H3. The van der Waals surface area contributed by atoms with Gasteiger partial charge in [0.15, 0.2) is 0 Å². The molecule has 2 heteroatoms. The number of benzene rings is 1. The lowest BCUT2D eigenvalue weighted by Crippen LogP contribution is -2.62. The summed E-state index contributed by atoms with van der Waals surface area (Å²) in [5.74, 6) is 1.04. The summed E-state index contributed by atoms with van der Waals surface area (Å²) < 4.78 is 0. The summed E-state index contributed by atoms with van der Waals surface area (Å²) >= 11 is 0. The Morgan fingerprint density at radius 3 is 2.65 bits per heavy atom. The summed E-state index contributed by atoms with van der Waals surface area (Å²) in [5, 5.41) is 3.75. The number of nitrogens with one attached hydrogen (secondary N) is 1. The molecule has 1 unspecified atom stereocenters. The Kier molecular flexibility index (Phi) is 4.13. The van der Waals surface area contributed by atoms with Gasteiger partial charge in [-0.05, 0) is 44.7 Å². The van der Waals surface area contributed by atoms with E-state index in [4.69, 9.17) is 0 Å². The second-order valence-electron chi connectivity index (χ2n) is 7.26. The molecule has 1 aliphatic carbocycles. The Bertz CT molecular complexity index is 422. The van der Waals surface area contributed by atoms with Crippen LogP contribution in [0.3, 0.4) is 0 Å². The third-order valence-corrected chi connectivity index (χ3v) is 4.95. The molecule has 1 aromatic rings. The molecule has 1 heterocycles. The summed E-state index contributed by atoms with van der Waals surface area (Å²) in [5.41, 5.74) is 1.76. The number of nitrogens with zero attached hydrogens (tertiary/aromatic N) is 1. The van der Waals surface area contributed by atoms with Crippen molar-refractivity contribution in [3.8, 4) is 0 Å². The van der Waals surface area contributed by atoms with E-state index < -0.39 is 0 Å². The molecule has 0 bridgehead atoms. The van der Waals surface area contributed by atoms with Gasteiger partial charge >= 0.3 is 0 Å². The molecule has 1 aromatic carbocycles. The van der Waals surface area contributed by atoms with E-state index in [1.807, 2.05) is 0 Å². The fourth-order valence-corrected chi connectivity index (χ4v) is 3.26. The topological polar surface area (TPSA) is 15.3 Å². The number of hydrogen-bond donors (Lipinski definition) is 1. The van der Waals surface area contributed by atoms with E-state index in [2.05, 4.69) is 54.4 Å². The molecule has 1 N–H and O–H groups in total. The van der Waals surface area contributed by atoms with Crippen molar-refractivity contribution in [1.29, 1.82) is 0 Å². The highest BCUT2D eigenvalue weighted by atomic mass is 15.3. The lowest BCUT2D eigenvalue weighted by Gasteiger charge is -2.46. The van der Waals surface area contributed by atoms with Crippen molar-refractivity contribution in [3.05, 3.63) is 35.9 Å². The van der Waals surface area contributed by atoms with Gasteiger partial charge in [0.25, 0.3) is 0 Å². The van der Waals surface area contributed by atoms with Crippen LogP contribution in [-0.4, -0.2) is 36.1 Å². The van der Waals surface area contributed by atoms with Gasteiger partial charge in [-0.1, -0.05) is 43.2 Å². The number of rotatable bonds is 5. The lowest BCUT2D eigenvalue weighted by atomic mass is 9.94. The van der Waals surface area contributed by atoms with Gasteiger partial charge in [0, 0.05) is 24.7 Å². The van der Waals surface area contributed by atoms with E-state index in [9.17, 15) is 0 Å². The lowest BCUT2D eigenvalue weighted by molar-refractivity contribution is 0.0636. The van der Waals surface area contributed by atoms with Crippen molar-refractivity contribution >= 4 is 0 Å². The summed E-state index contributed by atoms with van der Waals surface area (Å²) in [6, 6.07) is 11.5. The summed E-state index contributed by atoms with van der Waals surface area (Å²) in [7, 11) is 0. The molecule has 2 aliphatic rings. The van der Waals surface area contributed by atoms with Crippen LogP contribution in [0.2, 0.25) is 0 Å². The SMILES string of the molecule is CC1(C)CNC(Cc2ccccc2)CN1CCC1CC1. The predicted octanol–water partition coefficient (Wildman–Crippen LogP) is 3.08. The molecule has 3 rings (SSSR count). The number of hydrogen-bond acceptors (Lipinski definition) is 2. The fourth-order valence-electron chi connectivity index (χ4n) is 3.26. The molecule has 1 atom stereocenters. The highest BCUT2D eigenvalue weighted by Gasteiger charge is 2.34. The first-order valence-corrected chi connectivity index (χ1v) is 8.16. The van der Waals surface area contributed by atoms with E-state index in [1.54, 1.807) is 0 Å². The van der Waals surface area contributed by atoms with Crippen molar-refractivity contribution in [2.75, 3.05) is 19.6 Å². The fraction of sp³-hybridized carbons (Fsp3) is 0.667. The summed E-state index contributed by atoms with van der Waals surface area (Å²) in [4.78, 5) is 2.72. The van der Waals surface area contributed by atoms with Crippen LogP contribution in [0.25, 0.3) is 0 Å². The maximum Gasteiger partial charge on any atom is 0.0278 e. The van der Waals surface area contributed by atoms with Crippen molar-refractivity contribution < 1.29 is 0 Å². The van der Waals surface area contributed by atoms with Crippen LogP contribution in [-0.2, 0) is 6.42 Å². The van der Waals surface area contributed by atoms with E-state index in [-0.39, 0.29) is 0 Å². The average Bonchev–Trinajstić information content (AvgIpc) is 3.25. The van der Waals surface area contributed by atoms with Gasteiger partial charge in [-0.25, -0.2) is 0 Å². The first-order valence-electron chi connectivity index (χ1n) is 8.16. The van der Waals surface area contributed by atoms with E-state index in [1.165, 1.54) is 37.9 Å². The third-order valence-electron chi connectivity index (χ3n) is 4.95. The van der Waals surface area contributed by atoms with Gasteiger partial charge in [0.05, 0.1) is 0 Å². The molecule has 0 spiro atoms. The molecule has 0 amide bonds. The molecule has 0 aromatic heterocycles. The maximum atomic E-state index is 3.75. The van der Waals surface area contributed by atoms with Crippen LogP contribution < -0.4 is 5.32 Å².